The molecular weight excluding hydrogens is 354 g/mol. The molecule has 0 saturated heterocycles. The van der Waals surface area contributed by atoms with Gasteiger partial charge in [-0.05, 0) is 49.6 Å². The molecule has 0 unspecified atom stereocenters. The fourth-order valence-electron chi connectivity index (χ4n) is 2.74. The number of hydrogen-bond acceptors (Lipinski definition) is 3. The number of carbonyl (C=O) groups is 2. The number of urea groups is 1. The number of rotatable bonds is 9. The highest BCUT2D eigenvalue weighted by molar-refractivity contribution is 5.94. The Morgan fingerprint density at radius 3 is 2.57 bits per heavy atom. The molecule has 2 aromatic rings. The van der Waals surface area contributed by atoms with E-state index in [2.05, 4.69) is 10.6 Å². The van der Waals surface area contributed by atoms with Crippen LogP contribution in [-0.4, -0.2) is 43.1 Å². The zero-order valence-electron chi connectivity index (χ0n) is 16.8. The molecule has 6 nitrogen and oxygen atoms in total. The Bertz CT molecular complexity index is 792. The van der Waals surface area contributed by atoms with Crippen molar-refractivity contribution in [1.29, 1.82) is 0 Å². The molecule has 0 fully saturated rings. The van der Waals surface area contributed by atoms with Crippen molar-refractivity contribution in [3.8, 4) is 5.75 Å². The maximum absolute atomic E-state index is 12.4. The lowest BCUT2D eigenvalue weighted by molar-refractivity contribution is -0.116. The van der Waals surface area contributed by atoms with Gasteiger partial charge in [-0.25, -0.2) is 4.79 Å². The fourth-order valence-corrected chi connectivity index (χ4v) is 2.74. The predicted molar refractivity (Wildman–Crippen MR) is 112 cm³/mol. The van der Waals surface area contributed by atoms with E-state index in [4.69, 9.17) is 4.74 Å². The molecule has 0 aliphatic rings. The van der Waals surface area contributed by atoms with E-state index in [1.807, 2.05) is 69.3 Å². The lowest BCUT2D eigenvalue weighted by Crippen LogP contribution is -2.45. The average molecular weight is 383 g/mol. The Kier molecular flexibility index (Phi) is 8.34. The first-order chi connectivity index (χ1) is 13.5. The Morgan fingerprint density at radius 2 is 1.86 bits per heavy atom. The van der Waals surface area contributed by atoms with Gasteiger partial charge < -0.3 is 20.3 Å². The van der Waals surface area contributed by atoms with Crippen LogP contribution in [0.4, 0.5) is 10.5 Å². The number of ether oxygens (including phenoxy) is 1. The molecule has 2 rings (SSSR count). The van der Waals surface area contributed by atoms with E-state index < -0.39 is 0 Å². The number of amides is 3. The van der Waals surface area contributed by atoms with E-state index in [0.29, 0.717) is 19.7 Å². The van der Waals surface area contributed by atoms with Gasteiger partial charge in [0.1, 0.15) is 18.9 Å². The molecule has 0 heterocycles. The van der Waals surface area contributed by atoms with Gasteiger partial charge in [0, 0.05) is 12.2 Å². The molecule has 2 aromatic carbocycles. The minimum Gasteiger partial charge on any atom is -0.492 e. The number of nitrogens with zero attached hydrogens (tertiary/aromatic N) is 1. The summed E-state index contributed by atoms with van der Waals surface area (Å²) in [6.45, 7) is 7.15. The minimum atomic E-state index is -0.269. The highest BCUT2D eigenvalue weighted by Gasteiger charge is 2.16. The second kappa shape index (κ2) is 11.0. The van der Waals surface area contributed by atoms with Gasteiger partial charge in [-0.2, -0.15) is 0 Å². The maximum atomic E-state index is 12.4. The monoisotopic (exact) mass is 383 g/mol. The fraction of sp³-hybridized carbons (Fsp3) is 0.364. The first kappa shape index (κ1) is 21.3. The predicted octanol–water partition coefficient (Wildman–Crippen LogP) is 3.74. The van der Waals surface area contributed by atoms with Crippen molar-refractivity contribution in [2.75, 3.05) is 31.6 Å². The summed E-state index contributed by atoms with van der Waals surface area (Å²) in [6.07, 6.45) is 0.769. The Balaban J connectivity index is 1.80. The molecular formula is C22H29N3O3. The first-order valence-electron chi connectivity index (χ1n) is 9.57. The third-order valence-electron chi connectivity index (χ3n) is 4.17. The molecule has 0 aliphatic carbocycles. The van der Waals surface area contributed by atoms with Crippen molar-refractivity contribution in [2.24, 2.45) is 0 Å². The number of aryl methyl sites for hydroxylation is 2. The van der Waals surface area contributed by atoms with E-state index in [1.165, 1.54) is 4.90 Å². The molecule has 0 bridgehead atoms. The lowest BCUT2D eigenvalue weighted by atomic mass is 10.2. The molecule has 150 valence electrons. The number of carbonyl (C=O) groups excluding carboxylic acids is 2. The van der Waals surface area contributed by atoms with Gasteiger partial charge in [0.2, 0.25) is 5.91 Å². The van der Waals surface area contributed by atoms with Crippen LogP contribution in [-0.2, 0) is 4.79 Å². The van der Waals surface area contributed by atoms with Crippen LogP contribution in [0.25, 0.3) is 0 Å². The third kappa shape index (κ3) is 6.95. The van der Waals surface area contributed by atoms with E-state index in [-0.39, 0.29) is 18.5 Å². The van der Waals surface area contributed by atoms with Gasteiger partial charge in [0.15, 0.2) is 0 Å². The smallest absolute Gasteiger partial charge is 0.317 e. The molecule has 6 heteroatoms. The Morgan fingerprint density at radius 1 is 1.07 bits per heavy atom. The van der Waals surface area contributed by atoms with Crippen molar-refractivity contribution >= 4 is 17.6 Å². The number of para-hydroxylation sites is 1. The van der Waals surface area contributed by atoms with Crippen molar-refractivity contribution < 1.29 is 14.3 Å². The average Bonchev–Trinajstić information content (AvgIpc) is 2.66. The van der Waals surface area contributed by atoms with Crippen LogP contribution in [0.3, 0.4) is 0 Å². The lowest BCUT2D eigenvalue weighted by Gasteiger charge is -2.22. The van der Waals surface area contributed by atoms with Crippen LogP contribution >= 0.6 is 0 Å². The molecule has 0 saturated carbocycles. The molecule has 0 radical (unpaired) electrons. The Labute approximate surface area is 166 Å². The normalized spacial score (nSPS) is 10.2. The third-order valence-corrected chi connectivity index (χ3v) is 4.17. The van der Waals surface area contributed by atoms with E-state index in [0.717, 1.165) is 29.0 Å². The summed E-state index contributed by atoms with van der Waals surface area (Å²) in [6, 6.07) is 15.1. The molecule has 2 N–H and O–H groups in total. The second-order valence-corrected chi connectivity index (χ2v) is 6.68. The second-order valence-electron chi connectivity index (χ2n) is 6.68. The molecule has 0 atom stereocenters. The molecule has 0 spiro atoms. The molecule has 28 heavy (non-hydrogen) atoms. The van der Waals surface area contributed by atoms with Crippen molar-refractivity contribution in [3.63, 3.8) is 0 Å². The summed E-state index contributed by atoms with van der Waals surface area (Å²) in [7, 11) is 0. The highest BCUT2D eigenvalue weighted by atomic mass is 16.5. The number of benzene rings is 2. The summed E-state index contributed by atoms with van der Waals surface area (Å²) in [5, 5.41) is 5.68. The Hall–Kier alpha value is -3.02. The van der Waals surface area contributed by atoms with Crippen LogP contribution in [0.15, 0.2) is 48.5 Å². The van der Waals surface area contributed by atoms with Crippen LogP contribution in [0.1, 0.15) is 24.5 Å². The molecule has 0 aromatic heterocycles. The summed E-state index contributed by atoms with van der Waals surface area (Å²) < 4.78 is 5.64. The quantitative estimate of drug-likeness (QED) is 0.648. The van der Waals surface area contributed by atoms with E-state index >= 15 is 0 Å². The van der Waals surface area contributed by atoms with Crippen LogP contribution in [0.5, 0.6) is 5.75 Å². The van der Waals surface area contributed by atoms with Gasteiger partial charge in [-0.3, -0.25) is 4.79 Å². The summed E-state index contributed by atoms with van der Waals surface area (Å²) in [4.78, 5) is 26.3. The summed E-state index contributed by atoms with van der Waals surface area (Å²) >= 11 is 0. The standard InChI is InChI=1S/C22H29N3O3/c1-4-13-25(16-21(26)24-20-11-6-5-9-18(20)3)22(27)23-12-14-28-19-10-7-8-17(2)15-19/h5-11,15H,4,12-14,16H2,1-3H3,(H,23,27)(H,24,26). The zero-order chi connectivity index (χ0) is 20.4. The van der Waals surface area contributed by atoms with Crippen LogP contribution < -0.4 is 15.4 Å². The molecule has 3 amide bonds. The highest BCUT2D eigenvalue weighted by Crippen LogP contribution is 2.13. The number of hydrogen-bond donors (Lipinski definition) is 2. The zero-order valence-corrected chi connectivity index (χ0v) is 16.8. The van der Waals surface area contributed by atoms with E-state index in [1.54, 1.807) is 0 Å². The molecule has 0 aliphatic heterocycles. The number of nitrogens with one attached hydrogen (secondary N) is 2. The van der Waals surface area contributed by atoms with Gasteiger partial charge in [-0.15, -0.1) is 0 Å². The summed E-state index contributed by atoms with van der Waals surface area (Å²) in [5.41, 5.74) is 2.86. The van der Waals surface area contributed by atoms with Gasteiger partial charge >= 0.3 is 6.03 Å². The van der Waals surface area contributed by atoms with Gasteiger partial charge in [0.05, 0.1) is 6.54 Å². The minimum absolute atomic E-state index is 0.00669. The van der Waals surface area contributed by atoms with Crippen molar-refractivity contribution in [2.45, 2.75) is 27.2 Å². The van der Waals surface area contributed by atoms with E-state index in [9.17, 15) is 9.59 Å². The van der Waals surface area contributed by atoms with Gasteiger partial charge in [-0.1, -0.05) is 37.3 Å². The maximum Gasteiger partial charge on any atom is 0.317 e. The summed E-state index contributed by atoms with van der Waals surface area (Å²) in [5.74, 6) is 0.561. The topological polar surface area (TPSA) is 70.7 Å². The van der Waals surface area contributed by atoms with Crippen molar-refractivity contribution in [3.05, 3.63) is 59.7 Å². The van der Waals surface area contributed by atoms with Crippen molar-refractivity contribution in [1.82, 2.24) is 10.2 Å². The SMILES string of the molecule is CCCN(CC(=O)Nc1ccccc1C)C(=O)NCCOc1cccc(C)c1. The van der Waals surface area contributed by atoms with Gasteiger partial charge in [0.25, 0.3) is 0 Å². The van der Waals surface area contributed by atoms with Crippen LogP contribution in [0, 0.1) is 13.8 Å². The number of anilines is 1. The first-order valence-corrected chi connectivity index (χ1v) is 9.57. The van der Waals surface area contributed by atoms with Crippen LogP contribution in [0.2, 0.25) is 0 Å². The largest absolute Gasteiger partial charge is 0.492 e.